The van der Waals surface area contributed by atoms with Crippen LogP contribution >= 0.6 is 11.6 Å². The molecule has 19 heavy (non-hydrogen) atoms. The van der Waals surface area contributed by atoms with Crippen molar-refractivity contribution >= 4 is 17.5 Å². The average Bonchev–Trinajstić information content (AvgIpc) is 2.37. The molecule has 0 aromatic heterocycles. The molecule has 106 valence electrons. The van der Waals surface area contributed by atoms with Crippen molar-refractivity contribution in [3.8, 4) is 0 Å². The number of amides is 1. The van der Waals surface area contributed by atoms with E-state index in [2.05, 4.69) is 19.2 Å². The fourth-order valence-electron chi connectivity index (χ4n) is 1.98. The molecule has 3 N–H and O–H groups in total. The summed E-state index contributed by atoms with van der Waals surface area (Å²) in [6, 6.07) is 7.67. The third kappa shape index (κ3) is 5.62. The molecular formula is C15H23ClN2O. The standard InChI is InChI=1S/C15H23ClN2O/c1-11(2)15(12-6-8-13(16)9-7-12)18-14(19)5-3-4-10-17/h6-9,11,15H,3-5,10,17H2,1-2H3,(H,18,19). The Hall–Kier alpha value is -1.06. The number of halogens is 1. The van der Waals surface area contributed by atoms with Crippen molar-refractivity contribution in [1.82, 2.24) is 5.32 Å². The molecule has 0 aliphatic heterocycles. The van der Waals surface area contributed by atoms with E-state index in [1.165, 1.54) is 0 Å². The lowest BCUT2D eigenvalue weighted by Crippen LogP contribution is -2.31. The van der Waals surface area contributed by atoms with Crippen LogP contribution in [0.3, 0.4) is 0 Å². The summed E-state index contributed by atoms with van der Waals surface area (Å²) >= 11 is 5.89. The molecule has 0 spiro atoms. The zero-order valence-corrected chi connectivity index (χ0v) is 12.4. The van der Waals surface area contributed by atoms with Crippen molar-refractivity contribution in [2.45, 2.75) is 39.2 Å². The highest BCUT2D eigenvalue weighted by Crippen LogP contribution is 2.23. The van der Waals surface area contributed by atoms with Crippen LogP contribution < -0.4 is 11.1 Å². The van der Waals surface area contributed by atoms with E-state index in [9.17, 15) is 4.79 Å². The van der Waals surface area contributed by atoms with E-state index in [4.69, 9.17) is 17.3 Å². The largest absolute Gasteiger partial charge is 0.349 e. The molecule has 1 unspecified atom stereocenters. The van der Waals surface area contributed by atoms with E-state index in [-0.39, 0.29) is 11.9 Å². The Morgan fingerprint density at radius 1 is 1.26 bits per heavy atom. The third-order valence-corrected chi connectivity index (χ3v) is 3.32. The van der Waals surface area contributed by atoms with Crippen LogP contribution in [-0.2, 0) is 4.79 Å². The maximum absolute atomic E-state index is 11.9. The van der Waals surface area contributed by atoms with Gasteiger partial charge in [0.25, 0.3) is 0 Å². The number of carbonyl (C=O) groups excluding carboxylic acids is 1. The van der Waals surface area contributed by atoms with Crippen LogP contribution in [0.1, 0.15) is 44.7 Å². The summed E-state index contributed by atoms with van der Waals surface area (Å²) < 4.78 is 0. The first-order chi connectivity index (χ1) is 9.04. The summed E-state index contributed by atoms with van der Waals surface area (Å²) in [6.45, 7) is 4.83. The van der Waals surface area contributed by atoms with Crippen LogP contribution in [0.5, 0.6) is 0 Å². The molecule has 0 aliphatic rings. The van der Waals surface area contributed by atoms with Crippen LogP contribution in [0.2, 0.25) is 5.02 Å². The Bertz CT molecular complexity index is 390. The molecule has 0 heterocycles. The topological polar surface area (TPSA) is 55.1 Å². The maximum atomic E-state index is 11.9. The van der Waals surface area contributed by atoms with Gasteiger partial charge in [-0.15, -0.1) is 0 Å². The normalized spacial score (nSPS) is 12.5. The van der Waals surface area contributed by atoms with E-state index in [0.717, 1.165) is 18.4 Å². The van der Waals surface area contributed by atoms with Gasteiger partial charge in [0.2, 0.25) is 5.91 Å². The summed E-state index contributed by atoms with van der Waals surface area (Å²) in [4.78, 5) is 11.9. The van der Waals surface area contributed by atoms with Crippen LogP contribution in [0.15, 0.2) is 24.3 Å². The highest BCUT2D eigenvalue weighted by atomic mass is 35.5. The smallest absolute Gasteiger partial charge is 0.220 e. The number of nitrogens with two attached hydrogens (primary N) is 1. The molecule has 0 saturated heterocycles. The number of hydrogen-bond acceptors (Lipinski definition) is 2. The van der Waals surface area contributed by atoms with Gasteiger partial charge in [-0.1, -0.05) is 37.6 Å². The van der Waals surface area contributed by atoms with Crippen LogP contribution in [0.4, 0.5) is 0 Å². The molecule has 4 heteroatoms. The number of benzene rings is 1. The molecule has 1 aromatic carbocycles. The van der Waals surface area contributed by atoms with Crippen molar-refractivity contribution in [2.24, 2.45) is 11.7 Å². The number of carbonyl (C=O) groups is 1. The van der Waals surface area contributed by atoms with Crippen molar-refractivity contribution in [1.29, 1.82) is 0 Å². The monoisotopic (exact) mass is 282 g/mol. The van der Waals surface area contributed by atoms with Crippen molar-refractivity contribution < 1.29 is 4.79 Å². The summed E-state index contributed by atoms with van der Waals surface area (Å²) in [5.41, 5.74) is 6.51. The van der Waals surface area contributed by atoms with Crippen LogP contribution in [-0.4, -0.2) is 12.5 Å². The third-order valence-electron chi connectivity index (χ3n) is 3.07. The average molecular weight is 283 g/mol. The lowest BCUT2D eigenvalue weighted by atomic mass is 9.96. The predicted molar refractivity (Wildman–Crippen MR) is 80.1 cm³/mol. The van der Waals surface area contributed by atoms with Crippen LogP contribution in [0, 0.1) is 5.92 Å². The van der Waals surface area contributed by atoms with E-state index in [0.29, 0.717) is 23.9 Å². The molecule has 1 atom stereocenters. The number of nitrogens with one attached hydrogen (secondary N) is 1. The molecular weight excluding hydrogens is 260 g/mol. The summed E-state index contributed by atoms with van der Waals surface area (Å²) in [6.07, 6.45) is 2.27. The second-order valence-electron chi connectivity index (χ2n) is 5.09. The van der Waals surface area contributed by atoms with E-state index < -0.39 is 0 Å². The Balaban J connectivity index is 2.63. The summed E-state index contributed by atoms with van der Waals surface area (Å²) in [5, 5.41) is 3.80. The van der Waals surface area contributed by atoms with Gasteiger partial charge in [0, 0.05) is 11.4 Å². The highest BCUT2D eigenvalue weighted by Gasteiger charge is 2.17. The zero-order chi connectivity index (χ0) is 14.3. The minimum absolute atomic E-state index is 0.0302. The Morgan fingerprint density at radius 2 is 1.89 bits per heavy atom. The van der Waals surface area contributed by atoms with Gasteiger partial charge in [0.15, 0.2) is 0 Å². The summed E-state index contributed by atoms with van der Waals surface area (Å²) in [5.74, 6) is 0.418. The molecule has 0 aliphatic carbocycles. The molecule has 0 fully saturated rings. The van der Waals surface area contributed by atoms with E-state index in [1.54, 1.807) is 0 Å². The second-order valence-corrected chi connectivity index (χ2v) is 5.52. The Kier molecular flexibility index (Phi) is 6.89. The van der Waals surface area contributed by atoms with Gasteiger partial charge in [-0.2, -0.15) is 0 Å². The lowest BCUT2D eigenvalue weighted by Gasteiger charge is -2.23. The molecule has 1 rings (SSSR count). The summed E-state index contributed by atoms with van der Waals surface area (Å²) in [7, 11) is 0. The number of rotatable bonds is 7. The molecule has 0 saturated carbocycles. The van der Waals surface area contributed by atoms with Gasteiger partial charge in [-0.25, -0.2) is 0 Å². The van der Waals surface area contributed by atoms with Crippen molar-refractivity contribution in [2.75, 3.05) is 6.54 Å². The first kappa shape index (κ1) is 16.0. The van der Waals surface area contributed by atoms with Gasteiger partial charge in [-0.05, 0) is 43.0 Å². The molecule has 1 aromatic rings. The zero-order valence-electron chi connectivity index (χ0n) is 11.7. The molecule has 0 radical (unpaired) electrons. The van der Waals surface area contributed by atoms with E-state index in [1.807, 2.05) is 24.3 Å². The molecule has 0 bridgehead atoms. The van der Waals surface area contributed by atoms with Gasteiger partial charge >= 0.3 is 0 Å². The first-order valence-electron chi connectivity index (χ1n) is 6.79. The van der Waals surface area contributed by atoms with Crippen LogP contribution in [0.25, 0.3) is 0 Å². The van der Waals surface area contributed by atoms with Gasteiger partial charge in [-0.3, -0.25) is 4.79 Å². The van der Waals surface area contributed by atoms with E-state index >= 15 is 0 Å². The minimum Gasteiger partial charge on any atom is -0.349 e. The van der Waals surface area contributed by atoms with Gasteiger partial charge < -0.3 is 11.1 Å². The van der Waals surface area contributed by atoms with Gasteiger partial charge in [0.05, 0.1) is 6.04 Å². The first-order valence-corrected chi connectivity index (χ1v) is 7.17. The Morgan fingerprint density at radius 3 is 2.42 bits per heavy atom. The molecule has 3 nitrogen and oxygen atoms in total. The SMILES string of the molecule is CC(C)C(NC(=O)CCCCN)c1ccc(Cl)cc1. The quantitative estimate of drug-likeness (QED) is 0.754. The predicted octanol–water partition coefficient (Wildman–Crippen LogP) is 3.28. The molecule has 1 amide bonds. The van der Waals surface area contributed by atoms with Crippen molar-refractivity contribution in [3.05, 3.63) is 34.9 Å². The fourth-order valence-corrected chi connectivity index (χ4v) is 2.11. The lowest BCUT2D eigenvalue weighted by molar-refractivity contribution is -0.122. The van der Waals surface area contributed by atoms with Crippen molar-refractivity contribution in [3.63, 3.8) is 0 Å². The second kappa shape index (κ2) is 8.18. The highest BCUT2D eigenvalue weighted by molar-refractivity contribution is 6.30. The number of hydrogen-bond donors (Lipinski definition) is 2. The maximum Gasteiger partial charge on any atom is 0.220 e. The van der Waals surface area contributed by atoms with Gasteiger partial charge in [0.1, 0.15) is 0 Å². The minimum atomic E-state index is 0.0302. The number of unbranched alkanes of at least 4 members (excludes halogenated alkanes) is 1. The Labute approximate surface area is 120 Å². The fraction of sp³-hybridized carbons (Fsp3) is 0.533.